The molecule has 30 heavy (non-hydrogen) atoms. The van der Waals surface area contributed by atoms with Crippen molar-refractivity contribution in [2.75, 3.05) is 32.1 Å². The summed E-state index contributed by atoms with van der Waals surface area (Å²) in [5.41, 5.74) is 2.59. The molecule has 1 aliphatic rings. The van der Waals surface area contributed by atoms with Crippen molar-refractivity contribution in [3.63, 3.8) is 0 Å². The number of rotatable bonds is 6. The van der Waals surface area contributed by atoms with Crippen LogP contribution in [0.5, 0.6) is 0 Å². The van der Waals surface area contributed by atoms with Crippen LogP contribution in [-0.2, 0) is 6.54 Å². The lowest BCUT2D eigenvalue weighted by Crippen LogP contribution is -2.31. The molecule has 1 unspecified atom stereocenters. The molecule has 1 aliphatic heterocycles. The largest absolute Gasteiger partial charge is 0.370 e. The highest BCUT2D eigenvalue weighted by molar-refractivity contribution is 6.30. The molecule has 1 saturated heterocycles. The third kappa shape index (κ3) is 4.63. The number of benzene rings is 2. The summed E-state index contributed by atoms with van der Waals surface area (Å²) in [5.74, 6) is 0.632. The number of aromatic nitrogens is 2. The van der Waals surface area contributed by atoms with Crippen LogP contribution in [0.15, 0.2) is 53.1 Å². The first-order valence-corrected chi connectivity index (χ1v) is 10.3. The van der Waals surface area contributed by atoms with Crippen molar-refractivity contribution in [3.05, 3.63) is 65.0 Å². The first-order valence-electron chi connectivity index (χ1n) is 9.88. The summed E-state index contributed by atoms with van der Waals surface area (Å²) in [4.78, 5) is 21.2. The van der Waals surface area contributed by atoms with Gasteiger partial charge in [-0.2, -0.15) is 4.98 Å². The Labute approximate surface area is 180 Å². The van der Waals surface area contributed by atoms with E-state index in [0.29, 0.717) is 28.3 Å². The van der Waals surface area contributed by atoms with Gasteiger partial charge in [0.25, 0.3) is 5.91 Å². The van der Waals surface area contributed by atoms with Gasteiger partial charge in [0.05, 0.1) is 6.54 Å². The zero-order chi connectivity index (χ0) is 21.1. The SMILES string of the molecule is CN(C)C1CCN(c2ccc(-c3noc(CNC(=O)c4ccc(Cl)cc4)n3)cc2)C1. The van der Waals surface area contributed by atoms with Crippen LogP contribution in [0.1, 0.15) is 22.7 Å². The molecule has 0 bridgehead atoms. The Morgan fingerprint density at radius 2 is 1.93 bits per heavy atom. The lowest BCUT2D eigenvalue weighted by molar-refractivity contribution is 0.0946. The Bertz CT molecular complexity index is 1000. The monoisotopic (exact) mass is 425 g/mol. The zero-order valence-corrected chi connectivity index (χ0v) is 17.8. The van der Waals surface area contributed by atoms with Crippen molar-refractivity contribution >= 4 is 23.2 Å². The number of amides is 1. The average molecular weight is 426 g/mol. The summed E-state index contributed by atoms with van der Waals surface area (Å²) in [7, 11) is 4.26. The second kappa shape index (κ2) is 8.85. The predicted molar refractivity (Wildman–Crippen MR) is 117 cm³/mol. The van der Waals surface area contributed by atoms with E-state index in [2.05, 4.69) is 51.5 Å². The molecule has 2 heterocycles. The first-order chi connectivity index (χ1) is 14.5. The van der Waals surface area contributed by atoms with Crippen molar-refractivity contribution in [2.45, 2.75) is 19.0 Å². The number of nitrogens with one attached hydrogen (secondary N) is 1. The van der Waals surface area contributed by atoms with Crippen LogP contribution < -0.4 is 10.2 Å². The van der Waals surface area contributed by atoms with Crippen LogP contribution in [0.2, 0.25) is 5.02 Å². The molecule has 0 saturated carbocycles. The van der Waals surface area contributed by atoms with Crippen LogP contribution in [0.25, 0.3) is 11.4 Å². The number of hydrogen-bond acceptors (Lipinski definition) is 6. The van der Waals surface area contributed by atoms with Crippen LogP contribution in [0, 0.1) is 0 Å². The maximum Gasteiger partial charge on any atom is 0.251 e. The Morgan fingerprint density at radius 3 is 2.60 bits per heavy atom. The van der Waals surface area contributed by atoms with Gasteiger partial charge in [-0.15, -0.1) is 0 Å². The standard InChI is InChI=1S/C22H24ClN5O2/c1-27(2)19-11-12-28(14-19)18-9-5-15(6-10-18)21-25-20(30-26-21)13-24-22(29)16-3-7-17(23)8-4-16/h3-10,19H,11-14H2,1-2H3,(H,24,29). The number of carbonyl (C=O) groups is 1. The van der Waals surface area contributed by atoms with Crippen LogP contribution in [0.4, 0.5) is 5.69 Å². The van der Waals surface area contributed by atoms with Gasteiger partial charge in [-0.1, -0.05) is 16.8 Å². The summed E-state index contributed by atoms with van der Waals surface area (Å²) in [6.45, 7) is 2.25. The minimum Gasteiger partial charge on any atom is -0.370 e. The normalized spacial score (nSPS) is 16.3. The predicted octanol–water partition coefficient (Wildman–Crippen LogP) is 3.46. The summed E-state index contributed by atoms with van der Waals surface area (Å²) in [6, 6.07) is 15.4. The number of nitrogens with zero attached hydrogens (tertiary/aromatic N) is 4. The van der Waals surface area contributed by atoms with Crippen LogP contribution in [-0.4, -0.2) is 54.2 Å². The summed E-state index contributed by atoms with van der Waals surface area (Å²) < 4.78 is 5.28. The molecular weight excluding hydrogens is 402 g/mol. The molecule has 0 radical (unpaired) electrons. The summed E-state index contributed by atoms with van der Waals surface area (Å²) in [6.07, 6.45) is 1.17. The van der Waals surface area contributed by atoms with Gasteiger partial charge in [-0.3, -0.25) is 4.79 Å². The molecule has 0 aliphatic carbocycles. The smallest absolute Gasteiger partial charge is 0.251 e. The Morgan fingerprint density at radius 1 is 1.20 bits per heavy atom. The van der Waals surface area contributed by atoms with Crippen molar-refractivity contribution in [2.24, 2.45) is 0 Å². The minimum atomic E-state index is -0.225. The van der Waals surface area contributed by atoms with Gasteiger partial charge in [0.15, 0.2) is 0 Å². The third-order valence-corrected chi connectivity index (χ3v) is 5.61. The first kappa shape index (κ1) is 20.4. The van der Waals surface area contributed by atoms with E-state index in [1.54, 1.807) is 24.3 Å². The number of carbonyl (C=O) groups excluding carboxylic acids is 1. The third-order valence-electron chi connectivity index (χ3n) is 5.36. The van der Waals surface area contributed by atoms with Gasteiger partial charge >= 0.3 is 0 Å². The van der Waals surface area contributed by atoms with Gasteiger partial charge in [-0.05, 0) is 69.0 Å². The molecule has 1 aromatic heterocycles. The summed E-state index contributed by atoms with van der Waals surface area (Å²) >= 11 is 5.85. The number of halogens is 1. The quantitative estimate of drug-likeness (QED) is 0.652. The molecule has 4 rings (SSSR count). The lowest BCUT2D eigenvalue weighted by Gasteiger charge is -2.21. The Hall–Kier alpha value is -2.90. The van der Waals surface area contributed by atoms with E-state index in [9.17, 15) is 4.79 Å². The second-order valence-corrected chi connectivity index (χ2v) is 8.04. The fourth-order valence-corrected chi connectivity index (χ4v) is 3.65. The van der Waals surface area contributed by atoms with E-state index < -0.39 is 0 Å². The molecule has 156 valence electrons. The van der Waals surface area contributed by atoms with Gasteiger partial charge in [0.2, 0.25) is 11.7 Å². The van der Waals surface area contributed by atoms with E-state index in [4.69, 9.17) is 16.1 Å². The molecule has 1 N–H and O–H groups in total. The maximum atomic E-state index is 12.2. The molecule has 3 aromatic rings. The average Bonchev–Trinajstić information content (AvgIpc) is 3.43. The van der Waals surface area contributed by atoms with E-state index in [1.807, 2.05) is 12.1 Å². The maximum absolute atomic E-state index is 12.2. The van der Waals surface area contributed by atoms with E-state index in [-0.39, 0.29) is 12.5 Å². The molecule has 2 aromatic carbocycles. The molecule has 1 amide bonds. The number of likely N-dealkylation sites (N-methyl/N-ethyl adjacent to an activating group) is 1. The molecule has 1 fully saturated rings. The number of anilines is 1. The highest BCUT2D eigenvalue weighted by atomic mass is 35.5. The highest BCUT2D eigenvalue weighted by Gasteiger charge is 2.24. The van der Waals surface area contributed by atoms with E-state index >= 15 is 0 Å². The highest BCUT2D eigenvalue weighted by Crippen LogP contribution is 2.25. The molecule has 7 nitrogen and oxygen atoms in total. The van der Waals surface area contributed by atoms with Gasteiger partial charge in [0, 0.05) is 41.0 Å². The van der Waals surface area contributed by atoms with E-state index in [0.717, 1.165) is 18.7 Å². The Balaban J connectivity index is 1.35. The van der Waals surface area contributed by atoms with Crippen molar-refractivity contribution in [3.8, 4) is 11.4 Å². The minimum absolute atomic E-state index is 0.159. The second-order valence-electron chi connectivity index (χ2n) is 7.60. The lowest BCUT2D eigenvalue weighted by atomic mass is 10.2. The van der Waals surface area contributed by atoms with Crippen LogP contribution >= 0.6 is 11.6 Å². The fraction of sp³-hybridized carbons (Fsp3) is 0.318. The van der Waals surface area contributed by atoms with E-state index in [1.165, 1.54) is 12.1 Å². The fourth-order valence-electron chi connectivity index (χ4n) is 3.52. The molecule has 1 atom stereocenters. The topological polar surface area (TPSA) is 74.5 Å². The van der Waals surface area contributed by atoms with Crippen molar-refractivity contribution in [1.29, 1.82) is 0 Å². The molecule has 8 heteroatoms. The van der Waals surface area contributed by atoms with Gasteiger partial charge in [0.1, 0.15) is 0 Å². The zero-order valence-electron chi connectivity index (χ0n) is 17.0. The number of hydrogen-bond donors (Lipinski definition) is 1. The summed E-state index contributed by atoms with van der Waals surface area (Å²) in [5, 5.41) is 7.39. The van der Waals surface area contributed by atoms with Crippen molar-refractivity contribution < 1.29 is 9.32 Å². The Kier molecular flexibility index (Phi) is 6.01. The van der Waals surface area contributed by atoms with Crippen LogP contribution in [0.3, 0.4) is 0 Å². The van der Waals surface area contributed by atoms with Crippen molar-refractivity contribution in [1.82, 2.24) is 20.4 Å². The van der Waals surface area contributed by atoms with Gasteiger partial charge in [-0.25, -0.2) is 0 Å². The molecule has 0 spiro atoms. The molecular formula is C22H24ClN5O2. The van der Waals surface area contributed by atoms with Gasteiger partial charge < -0.3 is 19.6 Å².